The lowest BCUT2D eigenvalue weighted by Crippen LogP contribution is -2.49. The second kappa shape index (κ2) is 8.52. The van der Waals surface area contributed by atoms with Crippen molar-refractivity contribution in [2.45, 2.75) is 19.5 Å². The van der Waals surface area contributed by atoms with Gasteiger partial charge in [-0.1, -0.05) is 23.7 Å². The van der Waals surface area contributed by atoms with Crippen molar-refractivity contribution in [3.05, 3.63) is 59.0 Å². The summed E-state index contributed by atoms with van der Waals surface area (Å²) >= 11 is 6.04. The molecule has 2 heterocycles. The summed E-state index contributed by atoms with van der Waals surface area (Å²) in [4.78, 5) is 16.8. The normalized spacial score (nSPS) is 17.4. The van der Waals surface area contributed by atoms with Crippen LogP contribution < -0.4 is 5.32 Å². The quantitative estimate of drug-likeness (QED) is 0.859. The van der Waals surface area contributed by atoms with Gasteiger partial charge in [0, 0.05) is 37.7 Å². The number of hydrogen-bond acceptors (Lipinski definition) is 4. The number of piperazine rings is 1. The minimum absolute atomic E-state index is 0.0344. The Balaban J connectivity index is 1.41. The lowest BCUT2D eigenvalue weighted by Gasteiger charge is -2.34. The Labute approximate surface area is 153 Å². The Kier molecular flexibility index (Phi) is 6.13. The molecule has 134 valence electrons. The van der Waals surface area contributed by atoms with Gasteiger partial charge in [0.1, 0.15) is 5.76 Å². The molecular weight excluding hydrogens is 338 g/mol. The van der Waals surface area contributed by atoms with Gasteiger partial charge in [-0.05, 0) is 36.8 Å². The molecule has 1 fully saturated rings. The van der Waals surface area contributed by atoms with Gasteiger partial charge in [0.05, 0.1) is 18.8 Å². The van der Waals surface area contributed by atoms with E-state index in [0.29, 0.717) is 6.54 Å². The van der Waals surface area contributed by atoms with Crippen LogP contribution in [0.2, 0.25) is 5.02 Å². The van der Waals surface area contributed by atoms with Crippen molar-refractivity contribution in [1.82, 2.24) is 15.1 Å². The van der Waals surface area contributed by atoms with Crippen LogP contribution in [0.3, 0.4) is 0 Å². The van der Waals surface area contributed by atoms with Crippen LogP contribution in [0, 0.1) is 0 Å². The van der Waals surface area contributed by atoms with Crippen LogP contribution in [0.25, 0.3) is 0 Å². The molecule has 0 spiro atoms. The number of rotatable bonds is 6. The van der Waals surface area contributed by atoms with Crippen LogP contribution in [0.4, 0.5) is 0 Å². The van der Waals surface area contributed by atoms with Crippen molar-refractivity contribution in [3.63, 3.8) is 0 Å². The Bertz CT molecular complexity index is 682. The van der Waals surface area contributed by atoms with E-state index in [1.165, 1.54) is 5.56 Å². The maximum absolute atomic E-state index is 12.2. The zero-order valence-corrected chi connectivity index (χ0v) is 15.2. The fourth-order valence-electron chi connectivity index (χ4n) is 3.10. The van der Waals surface area contributed by atoms with Gasteiger partial charge < -0.3 is 9.73 Å². The predicted octanol–water partition coefficient (Wildman–Crippen LogP) is 2.93. The first-order valence-electron chi connectivity index (χ1n) is 8.62. The van der Waals surface area contributed by atoms with Crippen LogP contribution >= 0.6 is 11.6 Å². The van der Waals surface area contributed by atoms with Crippen molar-refractivity contribution in [2.75, 3.05) is 32.7 Å². The molecule has 1 aromatic carbocycles. The van der Waals surface area contributed by atoms with Crippen molar-refractivity contribution >= 4 is 17.5 Å². The van der Waals surface area contributed by atoms with E-state index in [9.17, 15) is 4.79 Å². The number of amides is 1. The van der Waals surface area contributed by atoms with Gasteiger partial charge in [0.2, 0.25) is 5.91 Å². The highest BCUT2D eigenvalue weighted by atomic mass is 35.5. The second-order valence-electron chi connectivity index (χ2n) is 6.49. The highest BCUT2D eigenvalue weighted by Crippen LogP contribution is 2.14. The Morgan fingerprint density at radius 2 is 1.96 bits per heavy atom. The molecule has 1 aliphatic rings. The summed E-state index contributed by atoms with van der Waals surface area (Å²) in [6, 6.07) is 11.6. The summed E-state index contributed by atoms with van der Waals surface area (Å²) in [5.41, 5.74) is 1.23. The molecule has 1 unspecified atom stereocenters. The Hall–Kier alpha value is -1.82. The molecule has 0 radical (unpaired) electrons. The number of nitrogens with one attached hydrogen (secondary N) is 1. The van der Waals surface area contributed by atoms with Crippen molar-refractivity contribution in [3.8, 4) is 0 Å². The van der Waals surface area contributed by atoms with Gasteiger partial charge in [-0.25, -0.2) is 0 Å². The van der Waals surface area contributed by atoms with E-state index >= 15 is 0 Å². The molecule has 1 amide bonds. The molecule has 1 aliphatic heterocycles. The molecule has 0 aliphatic carbocycles. The smallest absolute Gasteiger partial charge is 0.234 e. The SMILES string of the molecule is CC(NC(=O)CN1CCN(Cc2cccc(Cl)c2)CC1)c1ccco1. The molecule has 6 heteroatoms. The first-order chi connectivity index (χ1) is 12.1. The van der Waals surface area contributed by atoms with Gasteiger partial charge in [-0.15, -0.1) is 0 Å². The molecule has 0 saturated carbocycles. The van der Waals surface area contributed by atoms with E-state index in [0.717, 1.165) is 43.5 Å². The molecule has 1 N–H and O–H groups in total. The van der Waals surface area contributed by atoms with Crippen molar-refractivity contribution in [1.29, 1.82) is 0 Å². The lowest BCUT2D eigenvalue weighted by atomic mass is 10.2. The van der Waals surface area contributed by atoms with Crippen LogP contribution in [-0.4, -0.2) is 48.4 Å². The summed E-state index contributed by atoms with van der Waals surface area (Å²) in [5.74, 6) is 0.812. The number of furan rings is 1. The number of nitrogens with zero attached hydrogens (tertiary/aromatic N) is 2. The molecule has 5 nitrogen and oxygen atoms in total. The van der Waals surface area contributed by atoms with E-state index in [1.807, 2.05) is 37.3 Å². The van der Waals surface area contributed by atoms with Crippen LogP contribution in [0.15, 0.2) is 47.1 Å². The fraction of sp³-hybridized carbons (Fsp3) is 0.421. The number of hydrogen-bond donors (Lipinski definition) is 1. The van der Waals surface area contributed by atoms with E-state index in [2.05, 4.69) is 21.2 Å². The van der Waals surface area contributed by atoms with Crippen molar-refractivity contribution in [2.24, 2.45) is 0 Å². The first-order valence-corrected chi connectivity index (χ1v) is 9.00. The van der Waals surface area contributed by atoms with Gasteiger partial charge in [0.25, 0.3) is 0 Å². The molecule has 0 bridgehead atoms. The Morgan fingerprint density at radius 3 is 2.64 bits per heavy atom. The second-order valence-corrected chi connectivity index (χ2v) is 6.92. The van der Waals surface area contributed by atoms with Gasteiger partial charge in [-0.3, -0.25) is 14.6 Å². The van der Waals surface area contributed by atoms with E-state index in [-0.39, 0.29) is 11.9 Å². The molecule has 1 aromatic heterocycles. The van der Waals surface area contributed by atoms with Crippen LogP contribution in [0.1, 0.15) is 24.3 Å². The zero-order valence-electron chi connectivity index (χ0n) is 14.5. The summed E-state index contributed by atoms with van der Waals surface area (Å²) in [7, 11) is 0. The first kappa shape index (κ1) is 18.0. The van der Waals surface area contributed by atoms with E-state index < -0.39 is 0 Å². The third-order valence-corrected chi connectivity index (χ3v) is 4.71. The third-order valence-electron chi connectivity index (χ3n) is 4.47. The highest BCUT2D eigenvalue weighted by molar-refractivity contribution is 6.30. The van der Waals surface area contributed by atoms with Gasteiger partial charge in [-0.2, -0.15) is 0 Å². The Morgan fingerprint density at radius 1 is 1.20 bits per heavy atom. The number of benzene rings is 1. The minimum Gasteiger partial charge on any atom is -0.467 e. The minimum atomic E-state index is -0.105. The van der Waals surface area contributed by atoms with Crippen LogP contribution in [0.5, 0.6) is 0 Å². The summed E-state index contributed by atoms with van der Waals surface area (Å²) < 4.78 is 5.32. The number of carbonyl (C=O) groups excluding carboxylic acids is 1. The molecule has 1 saturated heterocycles. The fourth-order valence-corrected chi connectivity index (χ4v) is 3.31. The standard InChI is InChI=1S/C19H24ClN3O2/c1-15(18-6-3-11-25-18)21-19(24)14-23-9-7-22(8-10-23)13-16-4-2-5-17(20)12-16/h2-6,11-12,15H,7-10,13-14H2,1H3,(H,21,24). The lowest BCUT2D eigenvalue weighted by molar-refractivity contribution is -0.123. The average molecular weight is 362 g/mol. The summed E-state index contributed by atoms with van der Waals surface area (Å²) in [6.07, 6.45) is 1.62. The molecular formula is C19H24ClN3O2. The molecule has 1 atom stereocenters. The number of carbonyl (C=O) groups is 1. The average Bonchev–Trinajstić information content (AvgIpc) is 3.11. The summed E-state index contributed by atoms with van der Waals surface area (Å²) in [6.45, 7) is 6.94. The van der Waals surface area contributed by atoms with Gasteiger partial charge >= 0.3 is 0 Å². The summed E-state index contributed by atoms with van der Waals surface area (Å²) in [5, 5.41) is 3.76. The molecule has 3 rings (SSSR count). The van der Waals surface area contributed by atoms with E-state index in [1.54, 1.807) is 6.26 Å². The third kappa shape index (κ3) is 5.33. The zero-order chi connectivity index (χ0) is 17.6. The predicted molar refractivity (Wildman–Crippen MR) is 98.4 cm³/mol. The maximum Gasteiger partial charge on any atom is 0.234 e. The number of halogens is 1. The van der Waals surface area contributed by atoms with Crippen molar-refractivity contribution < 1.29 is 9.21 Å². The topological polar surface area (TPSA) is 48.7 Å². The maximum atomic E-state index is 12.2. The molecule has 2 aromatic rings. The van der Waals surface area contributed by atoms with Gasteiger partial charge in [0.15, 0.2) is 0 Å². The highest BCUT2D eigenvalue weighted by Gasteiger charge is 2.20. The van der Waals surface area contributed by atoms with E-state index in [4.69, 9.17) is 16.0 Å². The molecule has 25 heavy (non-hydrogen) atoms. The van der Waals surface area contributed by atoms with Crippen LogP contribution in [-0.2, 0) is 11.3 Å². The monoisotopic (exact) mass is 361 g/mol. The largest absolute Gasteiger partial charge is 0.467 e.